The zero-order valence-corrected chi connectivity index (χ0v) is 12.1. The number of nitrogen functional groups attached to an aromatic ring is 1. The summed E-state index contributed by atoms with van der Waals surface area (Å²) in [6.45, 7) is 0. The third-order valence-corrected chi connectivity index (χ3v) is 3.17. The Morgan fingerprint density at radius 1 is 1.45 bits per heavy atom. The Hall–Kier alpha value is -1.97. The third kappa shape index (κ3) is 2.95. The standard InChI is InChI=1S/C10H7BrClN5O3/c11-8-9(16-13)14-4-15-10(8)20-7-2-1-5(12)3-6(7)17(18)19/h1-4H,13H2,(H,14,15,16). The molecule has 3 N–H and O–H groups in total. The van der Waals surface area contributed by atoms with Crippen LogP contribution in [-0.2, 0) is 0 Å². The number of hydrogen-bond donors (Lipinski definition) is 2. The van der Waals surface area contributed by atoms with Gasteiger partial charge in [-0.15, -0.1) is 0 Å². The Bertz CT molecular complexity index is 669. The van der Waals surface area contributed by atoms with Crippen molar-refractivity contribution in [1.29, 1.82) is 0 Å². The van der Waals surface area contributed by atoms with Gasteiger partial charge >= 0.3 is 5.69 Å². The first-order valence-corrected chi connectivity index (χ1v) is 6.29. The maximum Gasteiger partial charge on any atom is 0.313 e. The molecule has 0 amide bonds. The summed E-state index contributed by atoms with van der Waals surface area (Å²) < 4.78 is 5.74. The van der Waals surface area contributed by atoms with Gasteiger partial charge in [0.2, 0.25) is 11.6 Å². The van der Waals surface area contributed by atoms with Crippen LogP contribution in [0.4, 0.5) is 11.5 Å². The monoisotopic (exact) mass is 359 g/mol. The molecule has 1 heterocycles. The van der Waals surface area contributed by atoms with Gasteiger partial charge < -0.3 is 10.2 Å². The van der Waals surface area contributed by atoms with Crippen LogP contribution in [0.25, 0.3) is 0 Å². The minimum atomic E-state index is -0.599. The van der Waals surface area contributed by atoms with Gasteiger partial charge in [-0.25, -0.2) is 15.8 Å². The van der Waals surface area contributed by atoms with Gasteiger partial charge in [-0.2, -0.15) is 0 Å². The van der Waals surface area contributed by atoms with E-state index in [-0.39, 0.29) is 28.2 Å². The molecule has 10 heteroatoms. The van der Waals surface area contributed by atoms with Gasteiger partial charge in [0.05, 0.1) is 4.92 Å². The largest absolute Gasteiger partial charge is 0.430 e. The van der Waals surface area contributed by atoms with Gasteiger partial charge in [0.15, 0.2) is 5.82 Å². The molecule has 2 aromatic rings. The molecule has 0 saturated carbocycles. The number of hydrogen-bond acceptors (Lipinski definition) is 7. The summed E-state index contributed by atoms with van der Waals surface area (Å²) in [5.74, 6) is 5.63. The number of halogens is 2. The molecule has 1 aromatic carbocycles. The number of hydrazine groups is 1. The normalized spacial score (nSPS) is 10.2. The molecule has 20 heavy (non-hydrogen) atoms. The van der Waals surface area contributed by atoms with E-state index in [2.05, 4.69) is 31.3 Å². The molecular formula is C10H7BrClN5O3. The molecule has 1 aromatic heterocycles. The lowest BCUT2D eigenvalue weighted by Gasteiger charge is -2.09. The highest BCUT2D eigenvalue weighted by Crippen LogP contribution is 2.36. The first-order chi connectivity index (χ1) is 9.52. The Balaban J connectivity index is 2.42. The van der Waals surface area contributed by atoms with Crippen molar-refractivity contribution < 1.29 is 9.66 Å². The van der Waals surface area contributed by atoms with Crippen molar-refractivity contribution in [3.8, 4) is 11.6 Å². The maximum atomic E-state index is 11.0. The fraction of sp³-hybridized carbons (Fsp3) is 0. The quantitative estimate of drug-likeness (QED) is 0.489. The number of nitrogens with one attached hydrogen (secondary N) is 1. The van der Waals surface area contributed by atoms with Crippen molar-refractivity contribution in [2.24, 2.45) is 5.84 Å². The van der Waals surface area contributed by atoms with Crippen molar-refractivity contribution in [1.82, 2.24) is 9.97 Å². The van der Waals surface area contributed by atoms with Crippen LogP contribution in [0.3, 0.4) is 0 Å². The van der Waals surface area contributed by atoms with E-state index in [9.17, 15) is 10.1 Å². The fourth-order valence-corrected chi connectivity index (χ4v) is 1.92. The molecule has 0 aliphatic carbocycles. The molecule has 104 valence electrons. The summed E-state index contributed by atoms with van der Waals surface area (Å²) in [5, 5.41) is 11.2. The minimum absolute atomic E-state index is 0.00164. The molecular weight excluding hydrogens is 353 g/mol. The van der Waals surface area contributed by atoms with Crippen molar-refractivity contribution in [2.45, 2.75) is 0 Å². The number of benzene rings is 1. The van der Waals surface area contributed by atoms with E-state index in [4.69, 9.17) is 22.2 Å². The van der Waals surface area contributed by atoms with Crippen LogP contribution >= 0.6 is 27.5 Å². The first kappa shape index (κ1) is 14.4. The number of aromatic nitrogens is 2. The van der Waals surface area contributed by atoms with Gasteiger partial charge in [0.1, 0.15) is 10.8 Å². The van der Waals surface area contributed by atoms with Crippen LogP contribution in [-0.4, -0.2) is 14.9 Å². The number of rotatable bonds is 4. The summed E-state index contributed by atoms with van der Waals surface area (Å²) in [4.78, 5) is 18.1. The smallest absolute Gasteiger partial charge is 0.313 e. The number of nitro benzene ring substituents is 1. The second kappa shape index (κ2) is 5.99. The molecule has 0 fully saturated rings. The van der Waals surface area contributed by atoms with Crippen LogP contribution in [0, 0.1) is 10.1 Å². The highest BCUT2D eigenvalue weighted by molar-refractivity contribution is 9.10. The molecule has 0 radical (unpaired) electrons. The van der Waals surface area contributed by atoms with E-state index in [0.29, 0.717) is 4.47 Å². The van der Waals surface area contributed by atoms with Crippen LogP contribution in [0.5, 0.6) is 11.6 Å². The fourth-order valence-electron chi connectivity index (χ4n) is 1.35. The SMILES string of the molecule is NNc1ncnc(Oc2ccc(Cl)cc2[N+](=O)[O-])c1Br. The highest BCUT2D eigenvalue weighted by atomic mass is 79.9. The Morgan fingerprint density at radius 2 is 2.20 bits per heavy atom. The van der Waals surface area contributed by atoms with E-state index in [0.717, 1.165) is 0 Å². The minimum Gasteiger partial charge on any atom is -0.430 e. The molecule has 0 atom stereocenters. The summed E-state index contributed by atoms with van der Waals surface area (Å²) in [5.41, 5.74) is 2.06. The van der Waals surface area contributed by atoms with E-state index in [1.54, 1.807) is 0 Å². The van der Waals surface area contributed by atoms with Gasteiger partial charge in [-0.05, 0) is 28.1 Å². The second-order valence-corrected chi connectivity index (χ2v) is 4.69. The molecule has 8 nitrogen and oxygen atoms in total. The van der Waals surface area contributed by atoms with E-state index < -0.39 is 4.92 Å². The Labute approximate surface area is 126 Å². The van der Waals surface area contributed by atoms with Crippen molar-refractivity contribution in [3.63, 3.8) is 0 Å². The summed E-state index contributed by atoms with van der Waals surface area (Å²) in [6, 6.07) is 4.04. The molecule has 0 aliphatic heterocycles. The number of anilines is 1. The Morgan fingerprint density at radius 3 is 2.85 bits per heavy atom. The number of ether oxygens (including phenoxy) is 1. The summed E-state index contributed by atoms with van der Waals surface area (Å²) >= 11 is 8.91. The van der Waals surface area contributed by atoms with Gasteiger partial charge in [0, 0.05) is 11.1 Å². The predicted molar refractivity (Wildman–Crippen MR) is 75.7 cm³/mol. The average Bonchev–Trinajstić information content (AvgIpc) is 2.42. The molecule has 0 spiro atoms. The molecule has 0 aliphatic rings. The lowest BCUT2D eigenvalue weighted by atomic mass is 10.3. The lowest BCUT2D eigenvalue weighted by Crippen LogP contribution is -2.10. The van der Waals surface area contributed by atoms with Crippen LogP contribution in [0.2, 0.25) is 5.02 Å². The number of nitro groups is 1. The second-order valence-electron chi connectivity index (χ2n) is 3.46. The zero-order chi connectivity index (χ0) is 14.7. The predicted octanol–water partition coefficient (Wildman–Crippen LogP) is 2.88. The van der Waals surface area contributed by atoms with Crippen LogP contribution in [0.1, 0.15) is 0 Å². The van der Waals surface area contributed by atoms with Crippen LogP contribution in [0.15, 0.2) is 29.0 Å². The molecule has 0 bridgehead atoms. The van der Waals surface area contributed by atoms with E-state index >= 15 is 0 Å². The van der Waals surface area contributed by atoms with Gasteiger partial charge in [-0.1, -0.05) is 11.6 Å². The Kier molecular flexibility index (Phi) is 4.32. The van der Waals surface area contributed by atoms with Gasteiger partial charge in [-0.3, -0.25) is 10.1 Å². The van der Waals surface area contributed by atoms with E-state index in [1.165, 1.54) is 24.5 Å². The topological polar surface area (TPSA) is 116 Å². The lowest BCUT2D eigenvalue weighted by molar-refractivity contribution is -0.385. The van der Waals surface area contributed by atoms with Crippen molar-refractivity contribution >= 4 is 39.0 Å². The highest BCUT2D eigenvalue weighted by Gasteiger charge is 2.19. The van der Waals surface area contributed by atoms with Crippen molar-refractivity contribution in [2.75, 3.05) is 5.43 Å². The average molecular weight is 361 g/mol. The molecule has 2 rings (SSSR count). The summed E-state index contributed by atoms with van der Waals surface area (Å²) in [6.07, 6.45) is 1.21. The number of nitrogens with two attached hydrogens (primary N) is 1. The van der Waals surface area contributed by atoms with E-state index in [1.807, 2.05) is 0 Å². The third-order valence-electron chi connectivity index (χ3n) is 2.22. The summed E-state index contributed by atoms with van der Waals surface area (Å²) in [7, 11) is 0. The van der Waals surface area contributed by atoms with Crippen LogP contribution < -0.4 is 16.0 Å². The first-order valence-electron chi connectivity index (χ1n) is 5.12. The van der Waals surface area contributed by atoms with Crippen molar-refractivity contribution in [3.05, 3.63) is 44.1 Å². The number of nitrogens with zero attached hydrogens (tertiary/aromatic N) is 3. The maximum absolute atomic E-state index is 11.0. The zero-order valence-electron chi connectivity index (χ0n) is 9.71. The molecule has 0 saturated heterocycles. The van der Waals surface area contributed by atoms with Gasteiger partial charge in [0.25, 0.3) is 0 Å². The molecule has 0 unspecified atom stereocenters.